The van der Waals surface area contributed by atoms with Gasteiger partial charge >= 0.3 is 0 Å². The summed E-state index contributed by atoms with van der Waals surface area (Å²) in [4.78, 5) is 0. The number of aryl methyl sites for hydroxylation is 1. The highest BCUT2D eigenvalue weighted by Gasteiger charge is 2.26. The highest BCUT2D eigenvalue weighted by atomic mass is 16.5. The van der Waals surface area contributed by atoms with Gasteiger partial charge in [-0.25, -0.2) is 0 Å². The first-order valence-electron chi connectivity index (χ1n) is 6.97. The fourth-order valence-corrected chi connectivity index (χ4v) is 2.70. The predicted octanol–water partition coefficient (Wildman–Crippen LogP) is 3.80. The molecule has 19 heavy (non-hydrogen) atoms. The maximum atomic E-state index is 5.56. The molecule has 0 saturated heterocycles. The van der Waals surface area contributed by atoms with Crippen LogP contribution in [0.2, 0.25) is 0 Å². The van der Waals surface area contributed by atoms with Gasteiger partial charge in [0.2, 0.25) is 0 Å². The van der Waals surface area contributed by atoms with Crippen LogP contribution in [-0.2, 0) is 10.8 Å². The lowest BCUT2D eigenvalue weighted by atomic mass is 9.77. The van der Waals surface area contributed by atoms with Crippen LogP contribution in [0.1, 0.15) is 51.3 Å². The molecule has 0 aliphatic rings. The zero-order valence-electron chi connectivity index (χ0n) is 13.8. The smallest absolute Gasteiger partial charge is 0.122 e. The molecule has 0 saturated carbocycles. The average molecular weight is 263 g/mol. The van der Waals surface area contributed by atoms with Crippen LogP contribution in [0, 0.1) is 6.92 Å². The van der Waals surface area contributed by atoms with Crippen LogP contribution in [-0.4, -0.2) is 20.7 Å². The van der Waals surface area contributed by atoms with Crippen molar-refractivity contribution in [3.63, 3.8) is 0 Å². The monoisotopic (exact) mass is 263 g/mol. The molecule has 1 aromatic rings. The number of hydrogen-bond donors (Lipinski definition) is 1. The lowest BCUT2D eigenvalue weighted by molar-refractivity contribution is 0.395. The number of methoxy groups -OCH3 is 1. The molecule has 1 N–H and O–H groups in total. The van der Waals surface area contributed by atoms with Crippen molar-refractivity contribution in [2.24, 2.45) is 0 Å². The van der Waals surface area contributed by atoms with Crippen LogP contribution in [0.5, 0.6) is 5.75 Å². The average Bonchev–Trinajstić information content (AvgIpc) is 2.26. The largest absolute Gasteiger partial charge is 0.496 e. The second kappa shape index (κ2) is 5.54. The molecule has 0 bridgehead atoms. The number of hydrogen-bond acceptors (Lipinski definition) is 2. The Morgan fingerprint density at radius 1 is 1.05 bits per heavy atom. The summed E-state index contributed by atoms with van der Waals surface area (Å²) >= 11 is 0. The van der Waals surface area contributed by atoms with E-state index in [0.717, 1.165) is 12.3 Å². The predicted molar refractivity (Wildman–Crippen MR) is 83.4 cm³/mol. The van der Waals surface area contributed by atoms with Crippen molar-refractivity contribution in [1.29, 1.82) is 0 Å². The Balaban J connectivity index is 3.44. The van der Waals surface area contributed by atoms with Crippen molar-refractivity contribution in [2.45, 2.75) is 52.4 Å². The molecule has 0 aromatic heterocycles. The van der Waals surface area contributed by atoms with Crippen LogP contribution in [0.25, 0.3) is 0 Å². The van der Waals surface area contributed by atoms with Crippen molar-refractivity contribution in [1.82, 2.24) is 5.32 Å². The van der Waals surface area contributed by atoms with E-state index in [2.05, 4.69) is 59.0 Å². The molecule has 0 radical (unpaired) electrons. The van der Waals surface area contributed by atoms with Gasteiger partial charge in [-0.05, 0) is 42.1 Å². The van der Waals surface area contributed by atoms with Crippen molar-refractivity contribution >= 4 is 0 Å². The summed E-state index contributed by atoms with van der Waals surface area (Å²) in [5.74, 6) is 0.994. The maximum Gasteiger partial charge on any atom is 0.122 e. The van der Waals surface area contributed by atoms with Crippen LogP contribution in [0.3, 0.4) is 0 Å². The molecule has 0 unspecified atom stereocenters. The van der Waals surface area contributed by atoms with Gasteiger partial charge in [0.05, 0.1) is 7.11 Å². The van der Waals surface area contributed by atoms with Crippen LogP contribution in [0.15, 0.2) is 12.1 Å². The van der Waals surface area contributed by atoms with E-state index in [4.69, 9.17) is 4.74 Å². The quantitative estimate of drug-likeness (QED) is 0.892. The van der Waals surface area contributed by atoms with Gasteiger partial charge in [-0.15, -0.1) is 0 Å². The fourth-order valence-electron chi connectivity index (χ4n) is 2.70. The lowest BCUT2D eigenvalue weighted by Gasteiger charge is -2.31. The summed E-state index contributed by atoms with van der Waals surface area (Å²) in [5, 5.41) is 3.29. The molecule has 1 aromatic carbocycles. The summed E-state index contributed by atoms with van der Waals surface area (Å²) in [6.45, 7) is 14.4. The van der Waals surface area contributed by atoms with Gasteiger partial charge in [-0.3, -0.25) is 0 Å². The molecule has 0 aliphatic heterocycles. The van der Waals surface area contributed by atoms with Crippen molar-refractivity contribution in [3.8, 4) is 5.75 Å². The Hall–Kier alpha value is -1.02. The maximum absolute atomic E-state index is 5.56. The van der Waals surface area contributed by atoms with Crippen LogP contribution >= 0.6 is 0 Å². The molecule has 0 amide bonds. The Morgan fingerprint density at radius 3 is 2.05 bits per heavy atom. The van der Waals surface area contributed by atoms with Gasteiger partial charge < -0.3 is 10.1 Å². The first-order chi connectivity index (χ1) is 8.63. The number of ether oxygens (including phenoxy) is 1. The van der Waals surface area contributed by atoms with Gasteiger partial charge in [-0.1, -0.05) is 40.7 Å². The SMILES string of the molecule is CNCC(C)(C)c1cc(C(C)(C)C)c(OC)cc1C. The molecule has 0 fully saturated rings. The van der Waals surface area contributed by atoms with E-state index in [-0.39, 0.29) is 10.8 Å². The molecular weight excluding hydrogens is 234 g/mol. The minimum atomic E-state index is 0.0868. The third kappa shape index (κ3) is 3.50. The molecule has 0 heterocycles. The number of rotatable bonds is 4. The highest BCUT2D eigenvalue weighted by Crippen LogP contribution is 2.37. The Labute approximate surface area is 118 Å². The molecule has 108 valence electrons. The van der Waals surface area contributed by atoms with Crippen LogP contribution in [0.4, 0.5) is 0 Å². The van der Waals surface area contributed by atoms with E-state index in [9.17, 15) is 0 Å². The summed E-state index contributed by atoms with van der Waals surface area (Å²) in [6, 6.07) is 4.50. The normalized spacial score (nSPS) is 12.6. The molecule has 2 heteroatoms. The third-order valence-corrected chi connectivity index (χ3v) is 3.70. The third-order valence-electron chi connectivity index (χ3n) is 3.70. The molecule has 1 rings (SSSR count). The molecule has 0 aliphatic carbocycles. The van der Waals surface area contributed by atoms with Crippen molar-refractivity contribution in [3.05, 3.63) is 28.8 Å². The molecular formula is C17H29NO. The van der Waals surface area contributed by atoms with Crippen LogP contribution < -0.4 is 10.1 Å². The zero-order valence-corrected chi connectivity index (χ0v) is 13.8. The first-order valence-corrected chi connectivity index (χ1v) is 6.97. The van der Waals surface area contributed by atoms with Gasteiger partial charge in [0.1, 0.15) is 5.75 Å². The van der Waals surface area contributed by atoms with E-state index >= 15 is 0 Å². The van der Waals surface area contributed by atoms with E-state index in [1.54, 1.807) is 7.11 Å². The Kier molecular flexibility index (Phi) is 4.67. The molecule has 2 nitrogen and oxygen atoms in total. The van der Waals surface area contributed by atoms with Gasteiger partial charge in [-0.2, -0.15) is 0 Å². The first kappa shape index (κ1) is 16.0. The van der Waals surface area contributed by atoms with Gasteiger partial charge in [0.15, 0.2) is 0 Å². The van der Waals surface area contributed by atoms with E-state index in [0.29, 0.717) is 0 Å². The van der Waals surface area contributed by atoms with Crippen molar-refractivity contribution in [2.75, 3.05) is 20.7 Å². The minimum Gasteiger partial charge on any atom is -0.496 e. The van der Waals surface area contributed by atoms with Crippen molar-refractivity contribution < 1.29 is 4.74 Å². The van der Waals surface area contributed by atoms with E-state index < -0.39 is 0 Å². The fraction of sp³-hybridized carbons (Fsp3) is 0.647. The molecule has 0 atom stereocenters. The minimum absolute atomic E-state index is 0.0868. The van der Waals surface area contributed by atoms with Gasteiger partial charge in [0, 0.05) is 12.0 Å². The van der Waals surface area contributed by atoms with E-state index in [1.165, 1.54) is 16.7 Å². The van der Waals surface area contributed by atoms with E-state index in [1.807, 2.05) is 7.05 Å². The highest BCUT2D eigenvalue weighted by molar-refractivity contribution is 5.48. The summed E-state index contributed by atoms with van der Waals surface area (Å²) < 4.78 is 5.56. The topological polar surface area (TPSA) is 21.3 Å². The number of nitrogens with one attached hydrogen (secondary N) is 1. The zero-order chi connectivity index (χ0) is 14.8. The standard InChI is InChI=1S/C17H29NO/c1-12-9-15(19-8)14(16(2,3)4)10-13(12)17(5,6)11-18-7/h9-10,18H,11H2,1-8H3. The Morgan fingerprint density at radius 2 is 1.63 bits per heavy atom. The Bertz CT molecular complexity index is 441. The summed E-state index contributed by atoms with van der Waals surface area (Å²) in [7, 11) is 3.76. The second-order valence-corrected chi connectivity index (χ2v) is 7.03. The summed E-state index contributed by atoms with van der Waals surface area (Å²) in [6.07, 6.45) is 0. The summed E-state index contributed by atoms with van der Waals surface area (Å²) in [5.41, 5.74) is 4.17. The molecule has 0 spiro atoms. The lowest BCUT2D eigenvalue weighted by Crippen LogP contribution is -2.32. The number of benzene rings is 1. The van der Waals surface area contributed by atoms with Gasteiger partial charge in [0.25, 0.3) is 0 Å². The number of likely N-dealkylation sites (N-methyl/N-ethyl adjacent to an activating group) is 1. The second-order valence-electron chi connectivity index (χ2n) is 7.03.